The summed E-state index contributed by atoms with van der Waals surface area (Å²) in [7, 11) is 1.77. The maximum atomic E-state index is 5.27. The third kappa shape index (κ3) is 8.60. The summed E-state index contributed by atoms with van der Waals surface area (Å²) in [6.07, 6.45) is 15.6. The molecule has 0 aromatic carbocycles. The van der Waals surface area contributed by atoms with E-state index >= 15 is 0 Å². The fourth-order valence-electron chi connectivity index (χ4n) is 2.06. The largest absolute Gasteiger partial charge is 0.382 e. The fourth-order valence-corrected chi connectivity index (χ4v) is 2.94. The molecule has 3 heteroatoms. The third-order valence-electron chi connectivity index (χ3n) is 3.82. The summed E-state index contributed by atoms with van der Waals surface area (Å²) in [6.45, 7) is 10.9. The van der Waals surface area contributed by atoms with Crippen molar-refractivity contribution in [3.63, 3.8) is 0 Å². The van der Waals surface area contributed by atoms with E-state index in [1.165, 1.54) is 10.6 Å². The standard InChI is InChI=1S/C21H33NOS/c1-17(14-15-18(2)23-6)12-10-8-7-9-11-13-19-16-24-20(22-19)21(3,4)5/h8,10-13,16,18H,7,9,14-15H2,1-6H3/b10-8+,13-11-,17-12+/t18-/m0/s1. The van der Waals surface area contributed by atoms with Crippen molar-refractivity contribution >= 4 is 17.4 Å². The van der Waals surface area contributed by atoms with Gasteiger partial charge in [0.25, 0.3) is 0 Å². The van der Waals surface area contributed by atoms with Crippen LogP contribution in [-0.2, 0) is 10.2 Å². The lowest BCUT2D eigenvalue weighted by molar-refractivity contribution is 0.111. The van der Waals surface area contributed by atoms with Crippen LogP contribution in [0.4, 0.5) is 0 Å². The SMILES string of the molecule is CO[C@@H](C)CC/C(C)=C/C=C/CC/C=C\c1csc(C(C)(C)C)n1. The van der Waals surface area contributed by atoms with Gasteiger partial charge in [-0.15, -0.1) is 11.3 Å². The van der Waals surface area contributed by atoms with Crippen molar-refractivity contribution in [3.05, 3.63) is 46.0 Å². The van der Waals surface area contributed by atoms with Crippen molar-refractivity contribution in [2.75, 3.05) is 7.11 Å². The summed E-state index contributed by atoms with van der Waals surface area (Å²) in [4.78, 5) is 4.67. The van der Waals surface area contributed by atoms with Crippen LogP contribution >= 0.6 is 11.3 Å². The van der Waals surface area contributed by atoms with Crippen LogP contribution in [0.2, 0.25) is 0 Å². The molecule has 0 saturated heterocycles. The monoisotopic (exact) mass is 347 g/mol. The van der Waals surface area contributed by atoms with Gasteiger partial charge in [0.05, 0.1) is 16.8 Å². The molecule has 0 unspecified atom stereocenters. The molecule has 1 rings (SSSR count). The normalized spacial score (nSPS) is 14.8. The molecule has 0 bridgehead atoms. The number of allylic oxidation sites excluding steroid dienone is 5. The van der Waals surface area contributed by atoms with E-state index < -0.39 is 0 Å². The first-order valence-electron chi connectivity index (χ1n) is 8.80. The highest BCUT2D eigenvalue weighted by Gasteiger charge is 2.17. The predicted molar refractivity (Wildman–Crippen MR) is 108 cm³/mol. The average Bonchev–Trinajstić information content (AvgIpc) is 3.00. The van der Waals surface area contributed by atoms with E-state index in [9.17, 15) is 0 Å². The molecule has 0 radical (unpaired) electrons. The van der Waals surface area contributed by atoms with E-state index in [1.54, 1.807) is 18.4 Å². The molecule has 0 saturated carbocycles. The molecule has 0 N–H and O–H groups in total. The molecule has 134 valence electrons. The minimum atomic E-state index is 0.144. The van der Waals surface area contributed by atoms with Gasteiger partial charge < -0.3 is 4.74 Å². The van der Waals surface area contributed by atoms with E-state index in [1.807, 2.05) is 0 Å². The highest BCUT2D eigenvalue weighted by molar-refractivity contribution is 7.09. The van der Waals surface area contributed by atoms with Crippen LogP contribution in [0.1, 0.15) is 71.0 Å². The Kier molecular flexibility index (Phi) is 9.24. The summed E-state index contributed by atoms with van der Waals surface area (Å²) >= 11 is 1.75. The molecule has 2 nitrogen and oxygen atoms in total. The van der Waals surface area contributed by atoms with Crippen LogP contribution in [0.25, 0.3) is 6.08 Å². The number of aromatic nitrogens is 1. The summed E-state index contributed by atoms with van der Waals surface area (Å²) in [5.41, 5.74) is 2.63. The van der Waals surface area contributed by atoms with Crippen molar-refractivity contribution < 1.29 is 4.74 Å². The smallest absolute Gasteiger partial charge is 0.0985 e. The van der Waals surface area contributed by atoms with Crippen LogP contribution in [-0.4, -0.2) is 18.2 Å². The fraction of sp³-hybridized carbons (Fsp3) is 0.571. The zero-order valence-electron chi connectivity index (χ0n) is 16.1. The van der Waals surface area contributed by atoms with Crippen molar-refractivity contribution in [1.29, 1.82) is 0 Å². The highest BCUT2D eigenvalue weighted by atomic mass is 32.1. The molecule has 0 aliphatic rings. The number of hydrogen-bond donors (Lipinski definition) is 0. The molecule has 0 spiro atoms. The maximum absolute atomic E-state index is 5.27. The summed E-state index contributed by atoms with van der Waals surface area (Å²) in [5, 5.41) is 3.34. The topological polar surface area (TPSA) is 22.1 Å². The molecule has 1 atom stereocenters. The van der Waals surface area contributed by atoms with Crippen molar-refractivity contribution in [1.82, 2.24) is 4.98 Å². The molecule has 0 aliphatic heterocycles. The Morgan fingerprint density at radius 3 is 2.62 bits per heavy atom. The molecule has 0 amide bonds. The van der Waals surface area contributed by atoms with Crippen molar-refractivity contribution in [2.45, 2.75) is 71.8 Å². The first-order valence-corrected chi connectivity index (χ1v) is 9.68. The van der Waals surface area contributed by atoms with E-state index in [-0.39, 0.29) is 5.41 Å². The molecule has 1 heterocycles. The summed E-state index contributed by atoms with van der Waals surface area (Å²) in [5.74, 6) is 0. The van der Waals surface area contributed by atoms with Crippen LogP contribution < -0.4 is 0 Å². The van der Waals surface area contributed by atoms with Gasteiger partial charge in [0.1, 0.15) is 0 Å². The predicted octanol–water partition coefficient (Wildman–Crippen LogP) is 6.55. The van der Waals surface area contributed by atoms with Gasteiger partial charge in [-0.25, -0.2) is 4.98 Å². The molecule has 0 aliphatic carbocycles. The van der Waals surface area contributed by atoms with E-state index in [2.05, 4.69) is 75.4 Å². The van der Waals surface area contributed by atoms with E-state index in [0.717, 1.165) is 31.4 Å². The Balaban J connectivity index is 2.28. The van der Waals surface area contributed by atoms with Crippen LogP contribution in [0, 0.1) is 0 Å². The van der Waals surface area contributed by atoms with Gasteiger partial charge in [-0.1, -0.05) is 50.6 Å². The van der Waals surface area contributed by atoms with Crippen LogP contribution in [0.5, 0.6) is 0 Å². The average molecular weight is 348 g/mol. The zero-order valence-corrected chi connectivity index (χ0v) is 17.0. The Hall–Kier alpha value is -1.19. The third-order valence-corrected chi connectivity index (χ3v) is 5.10. The summed E-state index contributed by atoms with van der Waals surface area (Å²) in [6, 6.07) is 0. The molecular formula is C21H33NOS. The van der Waals surface area contributed by atoms with Crippen molar-refractivity contribution in [2.24, 2.45) is 0 Å². The summed E-state index contributed by atoms with van der Waals surface area (Å²) < 4.78 is 5.27. The Morgan fingerprint density at radius 2 is 2.00 bits per heavy atom. The maximum Gasteiger partial charge on any atom is 0.0985 e. The number of nitrogens with zero attached hydrogens (tertiary/aromatic N) is 1. The molecule has 0 fully saturated rings. The second-order valence-electron chi connectivity index (χ2n) is 7.33. The first kappa shape index (κ1) is 20.9. The van der Waals surface area contributed by atoms with Gasteiger partial charge >= 0.3 is 0 Å². The van der Waals surface area contributed by atoms with Gasteiger partial charge in [0.15, 0.2) is 0 Å². The minimum absolute atomic E-state index is 0.144. The first-order chi connectivity index (χ1) is 11.3. The number of thiazole rings is 1. The van der Waals surface area contributed by atoms with Gasteiger partial charge in [0, 0.05) is 17.9 Å². The second-order valence-corrected chi connectivity index (χ2v) is 8.19. The lowest BCUT2D eigenvalue weighted by Gasteiger charge is -2.13. The number of unbranched alkanes of at least 4 members (excludes halogenated alkanes) is 1. The quantitative estimate of drug-likeness (QED) is 0.373. The van der Waals surface area contributed by atoms with Crippen LogP contribution in [0.3, 0.4) is 0 Å². The van der Waals surface area contributed by atoms with Gasteiger partial charge in [-0.05, 0) is 45.6 Å². The number of rotatable bonds is 9. The Labute approximate surface area is 152 Å². The highest BCUT2D eigenvalue weighted by Crippen LogP contribution is 2.25. The zero-order chi connectivity index (χ0) is 18.0. The number of methoxy groups -OCH3 is 1. The molecular weight excluding hydrogens is 314 g/mol. The van der Waals surface area contributed by atoms with Gasteiger partial charge in [0.2, 0.25) is 0 Å². The lowest BCUT2D eigenvalue weighted by atomic mass is 9.98. The van der Waals surface area contributed by atoms with E-state index in [4.69, 9.17) is 4.74 Å². The van der Waals surface area contributed by atoms with Crippen LogP contribution in [0.15, 0.2) is 35.3 Å². The lowest BCUT2D eigenvalue weighted by Crippen LogP contribution is -2.10. The second kappa shape index (κ2) is 10.6. The van der Waals surface area contributed by atoms with E-state index in [0.29, 0.717) is 6.10 Å². The number of ether oxygens (including phenoxy) is 1. The Morgan fingerprint density at radius 1 is 1.29 bits per heavy atom. The molecule has 1 aromatic heterocycles. The van der Waals surface area contributed by atoms with Crippen molar-refractivity contribution in [3.8, 4) is 0 Å². The number of hydrogen-bond acceptors (Lipinski definition) is 3. The van der Waals surface area contributed by atoms with Gasteiger partial charge in [-0.2, -0.15) is 0 Å². The molecule has 24 heavy (non-hydrogen) atoms. The Bertz CT molecular complexity index is 561. The minimum Gasteiger partial charge on any atom is -0.382 e. The molecule has 1 aromatic rings. The van der Waals surface area contributed by atoms with Gasteiger partial charge in [-0.3, -0.25) is 0 Å².